The molecule has 0 aliphatic carbocycles. The van der Waals surface area contributed by atoms with Gasteiger partial charge in [0.2, 0.25) is 0 Å². The minimum Gasteiger partial charge on any atom is -0.496 e. The van der Waals surface area contributed by atoms with Crippen molar-refractivity contribution in [1.29, 1.82) is 0 Å². The van der Waals surface area contributed by atoms with Gasteiger partial charge in [-0.3, -0.25) is 10.1 Å². The van der Waals surface area contributed by atoms with E-state index in [1.807, 2.05) is 0 Å². The van der Waals surface area contributed by atoms with Crippen LogP contribution in [0.3, 0.4) is 0 Å². The predicted octanol–water partition coefficient (Wildman–Crippen LogP) is 3.84. The lowest BCUT2D eigenvalue weighted by atomic mass is 9.95. The van der Waals surface area contributed by atoms with Crippen molar-refractivity contribution in [3.63, 3.8) is 0 Å². The Bertz CT molecular complexity index is 431. The van der Waals surface area contributed by atoms with Crippen LogP contribution in [0.2, 0.25) is 0 Å². The highest BCUT2D eigenvalue weighted by atomic mass is 16.6. The average Bonchev–Trinajstić information content (AvgIpc) is 2.39. The van der Waals surface area contributed by atoms with E-state index in [2.05, 4.69) is 26.1 Å². The molecule has 0 saturated carbocycles. The number of methoxy groups -OCH3 is 1. The Hall–Kier alpha value is -1.78. The molecule has 1 aromatic carbocycles. The van der Waals surface area contributed by atoms with Crippen LogP contribution in [0.25, 0.3) is 0 Å². The van der Waals surface area contributed by atoms with Crippen molar-refractivity contribution >= 4 is 11.4 Å². The van der Waals surface area contributed by atoms with E-state index in [0.29, 0.717) is 11.7 Å². The number of nitro groups is 1. The molecule has 0 heterocycles. The Balaban J connectivity index is 2.93. The number of ether oxygens (including phenoxy) is 1. The first-order valence-corrected chi connectivity index (χ1v) is 6.61. The van der Waals surface area contributed by atoms with Crippen molar-refractivity contribution < 1.29 is 9.66 Å². The zero-order valence-corrected chi connectivity index (χ0v) is 12.0. The van der Waals surface area contributed by atoms with E-state index >= 15 is 0 Å². The van der Waals surface area contributed by atoms with Gasteiger partial charge in [-0.05, 0) is 12.8 Å². The molecule has 106 valence electrons. The van der Waals surface area contributed by atoms with E-state index in [9.17, 15) is 10.1 Å². The minimum atomic E-state index is -0.407. The zero-order chi connectivity index (χ0) is 14.4. The fraction of sp³-hybridized carbons (Fsp3) is 0.571. The summed E-state index contributed by atoms with van der Waals surface area (Å²) in [6.45, 7) is 6.41. The summed E-state index contributed by atoms with van der Waals surface area (Å²) in [6.07, 6.45) is 2.16. The molecule has 0 fully saturated rings. The maximum absolute atomic E-state index is 10.9. The Morgan fingerprint density at radius 1 is 1.32 bits per heavy atom. The van der Waals surface area contributed by atoms with Crippen LogP contribution in [0.4, 0.5) is 11.4 Å². The van der Waals surface area contributed by atoms with Crippen LogP contribution in [0, 0.1) is 16.0 Å². The number of benzene rings is 1. The van der Waals surface area contributed by atoms with E-state index in [-0.39, 0.29) is 11.7 Å². The molecule has 1 unspecified atom stereocenters. The lowest BCUT2D eigenvalue weighted by Gasteiger charge is -2.23. The first-order chi connectivity index (χ1) is 9.01. The Labute approximate surface area is 114 Å². The van der Waals surface area contributed by atoms with Gasteiger partial charge in [-0.25, -0.2) is 0 Å². The molecule has 1 N–H and O–H groups in total. The quantitative estimate of drug-likeness (QED) is 0.601. The van der Waals surface area contributed by atoms with Crippen molar-refractivity contribution in [2.75, 3.05) is 12.4 Å². The van der Waals surface area contributed by atoms with Crippen LogP contribution >= 0.6 is 0 Å². The highest BCUT2D eigenvalue weighted by molar-refractivity contribution is 5.56. The second-order valence-electron chi connectivity index (χ2n) is 4.69. The molecule has 0 saturated heterocycles. The number of anilines is 1. The molecule has 0 aliphatic rings. The first-order valence-electron chi connectivity index (χ1n) is 6.61. The molecule has 5 heteroatoms. The summed E-state index contributed by atoms with van der Waals surface area (Å²) < 4.78 is 5.10. The molecular formula is C14H22N2O3. The van der Waals surface area contributed by atoms with Gasteiger partial charge in [0.15, 0.2) is 0 Å². The Morgan fingerprint density at radius 3 is 2.42 bits per heavy atom. The molecule has 0 radical (unpaired) electrons. The van der Waals surface area contributed by atoms with E-state index in [4.69, 9.17) is 4.74 Å². The fourth-order valence-corrected chi connectivity index (χ4v) is 2.27. The molecule has 0 amide bonds. The lowest BCUT2D eigenvalue weighted by molar-refractivity contribution is -0.384. The smallest absolute Gasteiger partial charge is 0.275 e. The summed E-state index contributed by atoms with van der Waals surface area (Å²) in [5, 5.41) is 14.2. The molecule has 0 aromatic heterocycles. The normalized spacial score (nSPS) is 12.3. The van der Waals surface area contributed by atoms with Crippen molar-refractivity contribution in [2.45, 2.75) is 39.7 Å². The zero-order valence-electron chi connectivity index (χ0n) is 12.0. The number of nitro benzene ring substituents is 1. The molecule has 0 bridgehead atoms. The summed E-state index contributed by atoms with van der Waals surface area (Å²) in [4.78, 5) is 10.5. The molecule has 1 aromatic rings. The summed E-state index contributed by atoms with van der Waals surface area (Å²) in [6, 6.07) is 5.02. The largest absolute Gasteiger partial charge is 0.496 e. The van der Waals surface area contributed by atoms with Gasteiger partial charge in [-0.2, -0.15) is 0 Å². The van der Waals surface area contributed by atoms with Crippen LogP contribution in [0.1, 0.15) is 33.6 Å². The fourth-order valence-electron chi connectivity index (χ4n) is 2.27. The van der Waals surface area contributed by atoms with Gasteiger partial charge in [0, 0.05) is 23.9 Å². The van der Waals surface area contributed by atoms with E-state index < -0.39 is 4.92 Å². The van der Waals surface area contributed by atoms with Gasteiger partial charge in [0.1, 0.15) is 5.75 Å². The van der Waals surface area contributed by atoms with Crippen LogP contribution in [0.5, 0.6) is 5.75 Å². The molecule has 0 spiro atoms. The standard InChI is InChI=1S/C14H22N2O3/c1-5-11(6-2)10(3)15-12-7-13(16(17)18)9-14(8-12)19-4/h7-11,15H,5-6H2,1-4H3. The number of nitrogens with one attached hydrogen (secondary N) is 1. The van der Waals surface area contributed by atoms with E-state index in [0.717, 1.165) is 18.5 Å². The highest BCUT2D eigenvalue weighted by Crippen LogP contribution is 2.27. The van der Waals surface area contributed by atoms with Crippen molar-refractivity contribution in [3.8, 4) is 5.75 Å². The summed E-state index contributed by atoms with van der Waals surface area (Å²) in [7, 11) is 1.51. The van der Waals surface area contributed by atoms with Gasteiger partial charge in [0.05, 0.1) is 18.1 Å². The third kappa shape index (κ3) is 4.12. The monoisotopic (exact) mass is 266 g/mol. The number of nitrogens with zero attached hydrogens (tertiary/aromatic N) is 1. The molecular weight excluding hydrogens is 244 g/mol. The second-order valence-corrected chi connectivity index (χ2v) is 4.69. The molecule has 5 nitrogen and oxygen atoms in total. The number of hydrogen-bond acceptors (Lipinski definition) is 4. The van der Waals surface area contributed by atoms with Gasteiger partial charge in [0.25, 0.3) is 5.69 Å². The minimum absolute atomic E-state index is 0.0404. The van der Waals surface area contributed by atoms with Gasteiger partial charge >= 0.3 is 0 Å². The third-order valence-corrected chi connectivity index (χ3v) is 3.49. The van der Waals surface area contributed by atoms with Crippen molar-refractivity contribution in [3.05, 3.63) is 28.3 Å². The first kappa shape index (κ1) is 15.3. The predicted molar refractivity (Wildman–Crippen MR) is 76.8 cm³/mol. The van der Waals surface area contributed by atoms with Crippen LogP contribution in [-0.4, -0.2) is 18.1 Å². The van der Waals surface area contributed by atoms with Crippen molar-refractivity contribution in [2.24, 2.45) is 5.92 Å². The topological polar surface area (TPSA) is 64.4 Å². The molecule has 1 atom stereocenters. The third-order valence-electron chi connectivity index (χ3n) is 3.49. The number of non-ortho nitro benzene ring substituents is 1. The molecule has 1 rings (SSSR count). The van der Waals surface area contributed by atoms with Gasteiger partial charge in [-0.1, -0.05) is 26.7 Å². The summed E-state index contributed by atoms with van der Waals surface area (Å²) >= 11 is 0. The van der Waals surface area contributed by atoms with E-state index in [1.165, 1.54) is 13.2 Å². The number of rotatable bonds is 7. The van der Waals surface area contributed by atoms with Crippen LogP contribution in [-0.2, 0) is 0 Å². The van der Waals surface area contributed by atoms with Crippen LogP contribution in [0.15, 0.2) is 18.2 Å². The van der Waals surface area contributed by atoms with Crippen molar-refractivity contribution in [1.82, 2.24) is 0 Å². The van der Waals surface area contributed by atoms with Gasteiger partial charge in [-0.15, -0.1) is 0 Å². The molecule has 0 aliphatic heterocycles. The van der Waals surface area contributed by atoms with Gasteiger partial charge < -0.3 is 10.1 Å². The Kier molecular flexibility index (Phi) is 5.60. The maximum Gasteiger partial charge on any atom is 0.275 e. The Morgan fingerprint density at radius 2 is 1.95 bits per heavy atom. The second kappa shape index (κ2) is 6.97. The molecule has 19 heavy (non-hydrogen) atoms. The number of hydrogen-bond donors (Lipinski definition) is 1. The summed E-state index contributed by atoms with van der Waals surface area (Å²) in [5.74, 6) is 1.04. The van der Waals surface area contributed by atoms with Crippen LogP contribution < -0.4 is 10.1 Å². The van der Waals surface area contributed by atoms with E-state index in [1.54, 1.807) is 12.1 Å². The lowest BCUT2D eigenvalue weighted by Crippen LogP contribution is -2.25. The highest BCUT2D eigenvalue weighted by Gasteiger charge is 2.16. The maximum atomic E-state index is 10.9. The summed E-state index contributed by atoms with van der Waals surface area (Å²) in [5.41, 5.74) is 0.768. The average molecular weight is 266 g/mol. The SMILES string of the molecule is CCC(CC)C(C)Nc1cc(OC)cc([N+](=O)[O-])c1.